The molecule has 0 amide bonds. The van der Waals surface area contributed by atoms with E-state index < -0.39 is 0 Å². The third kappa shape index (κ3) is 36.5. The van der Waals surface area contributed by atoms with Gasteiger partial charge in [-0.15, -0.1) is 0 Å². The van der Waals surface area contributed by atoms with Crippen molar-refractivity contribution in [2.45, 2.75) is 219 Å². The third-order valence-corrected chi connectivity index (χ3v) is 9.25. The lowest BCUT2D eigenvalue weighted by Gasteiger charge is -2.26. The molecule has 272 valence electrons. The Morgan fingerprint density at radius 1 is 0.333 bits per heavy atom. The first-order valence-corrected chi connectivity index (χ1v) is 20.3. The molecule has 0 radical (unpaired) electrons. The molecular formula is C40H82O5. The van der Waals surface area contributed by atoms with Crippen molar-refractivity contribution in [3.8, 4) is 0 Å². The van der Waals surface area contributed by atoms with Crippen LogP contribution in [0, 0.1) is 0 Å². The fourth-order valence-corrected chi connectivity index (χ4v) is 6.39. The highest BCUT2D eigenvalue weighted by atomic mass is 16.5. The highest BCUT2D eigenvalue weighted by molar-refractivity contribution is 4.67. The molecule has 2 N–H and O–H groups in total. The lowest BCUT2D eigenvalue weighted by atomic mass is 10.00. The molecule has 0 bridgehead atoms. The van der Waals surface area contributed by atoms with Gasteiger partial charge in [0.05, 0.1) is 38.6 Å². The van der Waals surface area contributed by atoms with Crippen molar-refractivity contribution >= 4 is 0 Å². The van der Waals surface area contributed by atoms with Crippen LogP contribution < -0.4 is 0 Å². The Balaban J connectivity index is 4.10. The van der Waals surface area contributed by atoms with Crippen molar-refractivity contribution in [2.75, 3.05) is 39.6 Å². The highest BCUT2D eigenvalue weighted by Gasteiger charge is 2.16. The number of aliphatic hydroxyl groups is 2. The lowest BCUT2D eigenvalue weighted by molar-refractivity contribution is -0.0323. The molecule has 0 aromatic carbocycles. The van der Waals surface area contributed by atoms with Crippen LogP contribution in [0.1, 0.15) is 206 Å². The summed E-state index contributed by atoms with van der Waals surface area (Å²) in [6.45, 7) is 7.48. The molecule has 0 rings (SSSR count). The molecule has 5 heteroatoms. The summed E-state index contributed by atoms with van der Waals surface area (Å²) in [6.07, 6.45) is 40.6. The van der Waals surface area contributed by atoms with Crippen LogP contribution in [0.4, 0.5) is 0 Å². The molecule has 0 saturated carbocycles. The van der Waals surface area contributed by atoms with E-state index in [4.69, 9.17) is 24.4 Å². The van der Waals surface area contributed by atoms with Crippen LogP contribution in [-0.4, -0.2) is 62.1 Å². The van der Waals surface area contributed by atoms with Gasteiger partial charge < -0.3 is 24.4 Å². The molecule has 0 heterocycles. The third-order valence-electron chi connectivity index (χ3n) is 9.25. The second-order valence-electron chi connectivity index (χ2n) is 13.7. The molecule has 0 aromatic heterocycles. The fraction of sp³-hybridized carbons (Fsp3) is 1.00. The smallest absolute Gasteiger partial charge is 0.0697 e. The van der Waals surface area contributed by atoms with Gasteiger partial charge in [-0.05, 0) is 38.5 Å². The van der Waals surface area contributed by atoms with E-state index in [1.807, 2.05) is 0 Å². The first-order chi connectivity index (χ1) is 22.3. The first kappa shape index (κ1) is 44.8. The van der Waals surface area contributed by atoms with Gasteiger partial charge in [0.1, 0.15) is 0 Å². The lowest BCUT2D eigenvalue weighted by Crippen LogP contribution is -2.23. The van der Waals surface area contributed by atoms with Gasteiger partial charge in [0.2, 0.25) is 0 Å². The summed E-state index contributed by atoms with van der Waals surface area (Å²) in [5.74, 6) is 0. The number of hydrogen-bond donors (Lipinski definition) is 2. The van der Waals surface area contributed by atoms with E-state index in [1.165, 1.54) is 180 Å². The standard InChI is InChI=1S/C40H82O5/c1-3-5-23-29-39(31-25-19-15-11-7-9-13-17-21-27-35-43-37-33-41)45-40(30-24-6-4-2)32-26-20-16-12-8-10-14-18-22-28-36-44-38-34-42/h39-42H,3-38H2,1-2H3. The number of hydrogen-bond acceptors (Lipinski definition) is 5. The maximum absolute atomic E-state index is 8.74. The van der Waals surface area contributed by atoms with Gasteiger partial charge in [0.25, 0.3) is 0 Å². The summed E-state index contributed by atoms with van der Waals surface area (Å²) >= 11 is 0. The average Bonchev–Trinajstić information content (AvgIpc) is 3.04. The summed E-state index contributed by atoms with van der Waals surface area (Å²) in [5.41, 5.74) is 0. The molecule has 0 aromatic rings. The van der Waals surface area contributed by atoms with Gasteiger partial charge in [-0.25, -0.2) is 0 Å². The SMILES string of the molecule is CCCCCC(CCCCCCCCCCCCOCCO)OC(CCCCC)CCCCCCCCCCCCOCCO. The number of rotatable bonds is 40. The average molecular weight is 643 g/mol. The summed E-state index contributed by atoms with van der Waals surface area (Å²) in [4.78, 5) is 0. The van der Waals surface area contributed by atoms with E-state index in [1.54, 1.807) is 0 Å². The van der Waals surface area contributed by atoms with Gasteiger partial charge in [0.15, 0.2) is 0 Å². The minimum atomic E-state index is 0.139. The molecule has 0 aliphatic heterocycles. The Labute approximate surface area is 282 Å². The van der Waals surface area contributed by atoms with Crippen LogP contribution in [0.25, 0.3) is 0 Å². The second-order valence-corrected chi connectivity index (χ2v) is 13.7. The molecule has 0 aliphatic rings. The van der Waals surface area contributed by atoms with Gasteiger partial charge in [0, 0.05) is 13.2 Å². The molecule has 0 spiro atoms. The van der Waals surface area contributed by atoms with E-state index >= 15 is 0 Å². The zero-order valence-electron chi connectivity index (χ0n) is 30.7. The Kier molecular flexibility index (Phi) is 39.8. The van der Waals surface area contributed by atoms with E-state index in [9.17, 15) is 0 Å². The van der Waals surface area contributed by atoms with Crippen LogP contribution in [0.15, 0.2) is 0 Å². The molecule has 0 fully saturated rings. The van der Waals surface area contributed by atoms with Gasteiger partial charge in [-0.2, -0.15) is 0 Å². The second kappa shape index (κ2) is 40.0. The van der Waals surface area contributed by atoms with E-state index in [0.29, 0.717) is 25.4 Å². The van der Waals surface area contributed by atoms with Crippen molar-refractivity contribution in [3.05, 3.63) is 0 Å². The molecule has 2 atom stereocenters. The van der Waals surface area contributed by atoms with Crippen molar-refractivity contribution in [2.24, 2.45) is 0 Å². The van der Waals surface area contributed by atoms with E-state index in [2.05, 4.69) is 13.8 Å². The van der Waals surface area contributed by atoms with Crippen molar-refractivity contribution < 1.29 is 24.4 Å². The number of aliphatic hydroxyl groups excluding tert-OH is 2. The van der Waals surface area contributed by atoms with E-state index in [-0.39, 0.29) is 13.2 Å². The maximum Gasteiger partial charge on any atom is 0.0697 e. The molecule has 0 aliphatic carbocycles. The maximum atomic E-state index is 8.74. The normalized spacial score (nSPS) is 13.1. The minimum absolute atomic E-state index is 0.139. The van der Waals surface area contributed by atoms with Crippen molar-refractivity contribution in [3.63, 3.8) is 0 Å². The molecule has 5 nitrogen and oxygen atoms in total. The zero-order chi connectivity index (χ0) is 32.7. The summed E-state index contributed by atoms with van der Waals surface area (Å²) in [7, 11) is 0. The number of unbranched alkanes of at least 4 members (excludes halogenated alkanes) is 22. The quantitative estimate of drug-likeness (QED) is 0.0651. The molecule has 0 saturated heterocycles. The van der Waals surface area contributed by atoms with Crippen LogP contribution in [-0.2, 0) is 14.2 Å². The van der Waals surface area contributed by atoms with Crippen molar-refractivity contribution in [1.82, 2.24) is 0 Å². The molecule has 45 heavy (non-hydrogen) atoms. The van der Waals surface area contributed by atoms with Gasteiger partial charge in [-0.1, -0.05) is 168 Å². The van der Waals surface area contributed by atoms with Gasteiger partial charge >= 0.3 is 0 Å². The monoisotopic (exact) mass is 643 g/mol. The van der Waals surface area contributed by atoms with Crippen LogP contribution in [0.5, 0.6) is 0 Å². The Morgan fingerprint density at radius 3 is 0.889 bits per heavy atom. The minimum Gasteiger partial charge on any atom is -0.394 e. The topological polar surface area (TPSA) is 68.2 Å². The largest absolute Gasteiger partial charge is 0.394 e. The Bertz CT molecular complexity index is 473. The highest BCUT2D eigenvalue weighted by Crippen LogP contribution is 2.23. The van der Waals surface area contributed by atoms with Crippen LogP contribution in [0.2, 0.25) is 0 Å². The van der Waals surface area contributed by atoms with E-state index in [0.717, 1.165) is 26.1 Å². The predicted molar refractivity (Wildman–Crippen MR) is 194 cm³/mol. The van der Waals surface area contributed by atoms with Crippen LogP contribution in [0.3, 0.4) is 0 Å². The molecular weight excluding hydrogens is 560 g/mol. The Hall–Kier alpha value is -0.200. The zero-order valence-corrected chi connectivity index (χ0v) is 30.7. The summed E-state index contributed by atoms with van der Waals surface area (Å²) in [5, 5.41) is 17.5. The number of ether oxygens (including phenoxy) is 3. The summed E-state index contributed by atoms with van der Waals surface area (Å²) in [6, 6.07) is 0. The van der Waals surface area contributed by atoms with Gasteiger partial charge in [-0.3, -0.25) is 0 Å². The predicted octanol–water partition coefficient (Wildman–Crippen LogP) is 11.5. The Morgan fingerprint density at radius 2 is 0.600 bits per heavy atom. The first-order valence-electron chi connectivity index (χ1n) is 20.3. The fourth-order valence-electron chi connectivity index (χ4n) is 6.39. The summed E-state index contributed by atoms with van der Waals surface area (Å²) < 4.78 is 17.6. The molecule has 2 unspecified atom stereocenters. The van der Waals surface area contributed by atoms with Crippen molar-refractivity contribution in [1.29, 1.82) is 0 Å². The van der Waals surface area contributed by atoms with Crippen LogP contribution >= 0.6 is 0 Å².